The third-order valence-corrected chi connectivity index (χ3v) is 5.44. The third kappa shape index (κ3) is 8.80. The predicted octanol–water partition coefficient (Wildman–Crippen LogP) is 1.90. The highest BCUT2D eigenvalue weighted by Gasteiger charge is 2.16. The number of hydrogen-bond donors (Lipinski definition) is 3. The second-order valence-corrected chi connectivity index (χ2v) is 8.24. The molecule has 0 saturated carbocycles. The van der Waals surface area contributed by atoms with Gasteiger partial charge in [-0.15, -0.1) is 12.4 Å². The van der Waals surface area contributed by atoms with Crippen LogP contribution in [0.3, 0.4) is 0 Å². The molecule has 12 heteroatoms. The molecule has 0 aliphatic heterocycles. The number of carboxylic acid groups (broad SMARTS) is 1. The number of benzene rings is 2. The first kappa shape index (κ1) is 31.5. The van der Waals surface area contributed by atoms with Crippen molar-refractivity contribution >= 4 is 86.1 Å². The molecule has 0 bridgehead atoms. The summed E-state index contributed by atoms with van der Waals surface area (Å²) in [6.45, 7) is 0. The second-order valence-electron chi connectivity index (χ2n) is 4.75. The number of halogens is 4. The molecule has 0 spiro atoms. The highest BCUT2D eigenvalue weighted by atomic mass is 127. The molecule has 1 atom stereocenters. The van der Waals surface area contributed by atoms with Gasteiger partial charge in [0.25, 0.3) is 0 Å². The molecule has 0 radical (unpaired) electrons. The van der Waals surface area contributed by atoms with Gasteiger partial charge in [0, 0.05) is 0 Å². The first-order chi connectivity index (χ1) is 10.8. The summed E-state index contributed by atoms with van der Waals surface area (Å²) in [6, 6.07) is 7.83. The lowest BCUT2D eigenvalue weighted by Gasteiger charge is -2.13. The molecule has 154 valence electrons. The smallest absolute Gasteiger partial charge is 0.320 e. The van der Waals surface area contributed by atoms with E-state index in [0.717, 1.165) is 12.7 Å². The van der Waals surface area contributed by atoms with Crippen LogP contribution in [0.4, 0.5) is 0 Å². The molecule has 0 heterocycles. The van der Waals surface area contributed by atoms with E-state index in [4.69, 9.17) is 15.6 Å². The van der Waals surface area contributed by atoms with Crippen molar-refractivity contribution in [2.24, 2.45) is 5.73 Å². The number of aromatic hydroxyl groups is 1. The second kappa shape index (κ2) is 13.9. The Labute approximate surface area is 202 Å². The molecular formula is C15H19ClI3NO7. The van der Waals surface area contributed by atoms with Crippen LogP contribution in [0.15, 0.2) is 30.3 Å². The summed E-state index contributed by atoms with van der Waals surface area (Å²) >= 11 is 6.33. The van der Waals surface area contributed by atoms with E-state index in [0.29, 0.717) is 15.1 Å². The number of carbonyl (C=O) groups is 1. The lowest BCUT2D eigenvalue weighted by Crippen LogP contribution is -2.32. The van der Waals surface area contributed by atoms with Gasteiger partial charge in [0.05, 0.1) is 10.7 Å². The lowest BCUT2D eigenvalue weighted by molar-refractivity contribution is -0.138. The van der Waals surface area contributed by atoms with Crippen LogP contribution in [0, 0.1) is 10.7 Å². The largest absolute Gasteiger partial charge is 0.507 e. The summed E-state index contributed by atoms with van der Waals surface area (Å²) in [5.74, 6) is 0.507. The Balaban J connectivity index is -0.00000144. The Morgan fingerprint density at radius 1 is 1.04 bits per heavy atom. The van der Waals surface area contributed by atoms with Gasteiger partial charge in [-0.1, -0.05) is 0 Å². The summed E-state index contributed by atoms with van der Waals surface area (Å²) in [5.41, 5.74) is 6.43. The van der Waals surface area contributed by atoms with Gasteiger partial charge in [0.1, 0.15) is 17.5 Å². The molecule has 8 nitrogen and oxygen atoms in total. The van der Waals surface area contributed by atoms with Crippen molar-refractivity contribution in [1.29, 1.82) is 0 Å². The van der Waals surface area contributed by atoms with Crippen molar-refractivity contribution in [2.45, 2.75) is 12.5 Å². The molecule has 2 aromatic rings. The Morgan fingerprint density at radius 2 is 1.56 bits per heavy atom. The Bertz CT molecular complexity index is 741. The van der Waals surface area contributed by atoms with E-state index in [1.807, 2.05) is 34.7 Å². The topological polar surface area (TPSA) is 187 Å². The van der Waals surface area contributed by atoms with Crippen LogP contribution >= 0.6 is 80.2 Å². The van der Waals surface area contributed by atoms with Crippen LogP contribution in [0.1, 0.15) is 5.56 Å². The third-order valence-electron chi connectivity index (χ3n) is 2.97. The number of aliphatic carboxylic acids is 1. The van der Waals surface area contributed by atoms with Crippen molar-refractivity contribution in [3.63, 3.8) is 0 Å². The number of hydrogen-bond acceptors (Lipinski definition) is 4. The van der Waals surface area contributed by atoms with E-state index in [1.54, 1.807) is 18.2 Å². The molecule has 27 heavy (non-hydrogen) atoms. The van der Waals surface area contributed by atoms with E-state index < -0.39 is 12.0 Å². The minimum absolute atomic E-state index is 0. The van der Waals surface area contributed by atoms with E-state index in [2.05, 4.69) is 45.2 Å². The summed E-state index contributed by atoms with van der Waals surface area (Å²) in [5, 5.41) is 18.5. The summed E-state index contributed by atoms with van der Waals surface area (Å²) in [6.07, 6.45) is 0.263. The van der Waals surface area contributed by atoms with Gasteiger partial charge in [0.2, 0.25) is 0 Å². The molecule has 0 fully saturated rings. The van der Waals surface area contributed by atoms with Gasteiger partial charge in [-0.25, -0.2) is 0 Å². The van der Waals surface area contributed by atoms with Crippen molar-refractivity contribution < 1.29 is 36.2 Å². The highest BCUT2D eigenvalue weighted by Crippen LogP contribution is 2.34. The summed E-state index contributed by atoms with van der Waals surface area (Å²) in [7, 11) is 0. The van der Waals surface area contributed by atoms with Crippen molar-refractivity contribution in [3.05, 3.63) is 46.6 Å². The van der Waals surface area contributed by atoms with Crippen LogP contribution < -0.4 is 10.5 Å². The zero-order valence-electron chi connectivity index (χ0n) is 13.5. The van der Waals surface area contributed by atoms with E-state index in [1.165, 1.54) is 0 Å². The zero-order chi connectivity index (χ0) is 17.1. The minimum Gasteiger partial charge on any atom is -0.507 e. The van der Waals surface area contributed by atoms with Crippen LogP contribution in [0.5, 0.6) is 17.2 Å². The number of carboxylic acids is 1. The average molecular weight is 741 g/mol. The number of ether oxygens (including phenoxy) is 1. The number of phenolic OH excluding ortho intramolecular Hbond substituents is 1. The summed E-state index contributed by atoms with van der Waals surface area (Å²) in [4.78, 5) is 10.9. The van der Waals surface area contributed by atoms with Gasteiger partial charge in [-0.3, -0.25) is 4.79 Å². The standard InChI is InChI=1S/C15H12I3NO4.ClH.3H2O/c16-9-6-8(1-2-13(9)20)23-14-10(17)3-7(4-11(14)18)5-12(19)15(21)22;;;;/h1-4,6,12,20H,5,19H2,(H,21,22);1H;3*1H2/t12-;;;;/m0..../s1. The van der Waals surface area contributed by atoms with Crippen LogP contribution in [-0.2, 0) is 11.2 Å². The molecule has 10 N–H and O–H groups in total. The van der Waals surface area contributed by atoms with Gasteiger partial charge >= 0.3 is 5.97 Å². The monoisotopic (exact) mass is 741 g/mol. The SMILES string of the molecule is Cl.N[C@@H](Cc1cc(I)c(Oc2ccc(O)c(I)c2)c(I)c1)C(=O)O.O.O.O. The minimum atomic E-state index is -1.02. The highest BCUT2D eigenvalue weighted by molar-refractivity contribution is 14.1. The van der Waals surface area contributed by atoms with Gasteiger partial charge in [0.15, 0.2) is 5.75 Å². The van der Waals surface area contributed by atoms with Crippen LogP contribution in [0.2, 0.25) is 0 Å². The lowest BCUT2D eigenvalue weighted by atomic mass is 10.1. The maximum absolute atomic E-state index is 10.9. The molecule has 0 aliphatic rings. The molecule has 0 amide bonds. The van der Waals surface area contributed by atoms with Crippen molar-refractivity contribution in [3.8, 4) is 17.2 Å². The maximum Gasteiger partial charge on any atom is 0.320 e. The van der Waals surface area contributed by atoms with Crippen molar-refractivity contribution in [2.75, 3.05) is 0 Å². The molecule has 0 saturated heterocycles. The van der Waals surface area contributed by atoms with Crippen molar-refractivity contribution in [1.82, 2.24) is 0 Å². The molecule has 0 aromatic heterocycles. The van der Waals surface area contributed by atoms with Gasteiger partial charge in [-0.05, 0) is 110 Å². The van der Waals surface area contributed by atoms with Gasteiger partial charge in [-0.2, -0.15) is 0 Å². The van der Waals surface area contributed by atoms with Gasteiger partial charge < -0.3 is 37.1 Å². The fourth-order valence-corrected chi connectivity index (χ4v) is 4.44. The quantitative estimate of drug-likeness (QED) is 0.395. The average Bonchev–Trinajstić information content (AvgIpc) is 2.46. The predicted molar refractivity (Wildman–Crippen MR) is 130 cm³/mol. The normalized spacial score (nSPS) is 10.2. The Morgan fingerprint density at radius 3 is 2.00 bits per heavy atom. The first-order valence-corrected chi connectivity index (χ1v) is 9.64. The summed E-state index contributed by atoms with van der Waals surface area (Å²) < 4.78 is 8.34. The molecule has 0 unspecified atom stereocenters. The molecule has 0 aliphatic carbocycles. The molecule has 2 aromatic carbocycles. The fourth-order valence-electron chi connectivity index (χ4n) is 1.84. The Hall–Kier alpha value is -0.170. The molecule has 2 rings (SSSR count). The zero-order valence-corrected chi connectivity index (χ0v) is 20.8. The maximum atomic E-state index is 10.9. The number of rotatable bonds is 5. The number of nitrogens with two attached hydrogens (primary N) is 1. The molecular weight excluding hydrogens is 722 g/mol. The fraction of sp³-hybridized carbons (Fsp3) is 0.133. The number of phenols is 1. The van der Waals surface area contributed by atoms with E-state index in [9.17, 15) is 9.90 Å². The van der Waals surface area contributed by atoms with Crippen LogP contribution in [0.25, 0.3) is 0 Å². The first-order valence-electron chi connectivity index (χ1n) is 6.40. The van der Waals surface area contributed by atoms with Crippen LogP contribution in [-0.4, -0.2) is 38.7 Å². The van der Waals surface area contributed by atoms with E-state index >= 15 is 0 Å². The van der Waals surface area contributed by atoms with E-state index in [-0.39, 0.29) is 41.0 Å². The Kier molecular flexibility index (Phi) is 16.2.